The second-order valence-electron chi connectivity index (χ2n) is 5.61. The third kappa shape index (κ3) is 3.28. The highest BCUT2D eigenvalue weighted by Gasteiger charge is 2.24. The highest BCUT2D eigenvalue weighted by atomic mass is 19.1. The Balaban J connectivity index is 2.67. The van der Waals surface area contributed by atoms with Gasteiger partial charge in [0.1, 0.15) is 5.82 Å². The predicted molar refractivity (Wildman–Crippen MR) is 80.4 cm³/mol. The zero-order valence-corrected chi connectivity index (χ0v) is 12.1. The van der Waals surface area contributed by atoms with Crippen molar-refractivity contribution in [2.24, 2.45) is 5.73 Å². The molecule has 2 rings (SSSR count). The molecular formula is C17H18FNO2. The summed E-state index contributed by atoms with van der Waals surface area (Å²) in [7, 11) is 0. The summed E-state index contributed by atoms with van der Waals surface area (Å²) in [6, 6.07) is 12.5. The van der Waals surface area contributed by atoms with Crippen molar-refractivity contribution in [3.8, 4) is 11.1 Å². The fourth-order valence-corrected chi connectivity index (χ4v) is 2.33. The van der Waals surface area contributed by atoms with E-state index in [1.54, 1.807) is 26.0 Å². The lowest BCUT2D eigenvalue weighted by molar-refractivity contribution is -0.136. The van der Waals surface area contributed by atoms with Gasteiger partial charge in [0.15, 0.2) is 0 Å². The van der Waals surface area contributed by atoms with Gasteiger partial charge in [0.05, 0.1) is 6.42 Å². The van der Waals surface area contributed by atoms with Crippen LogP contribution in [0.1, 0.15) is 25.0 Å². The largest absolute Gasteiger partial charge is 0.481 e. The van der Waals surface area contributed by atoms with Crippen LogP contribution in [0.3, 0.4) is 0 Å². The van der Waals surface area contributed by atoms with Gasteiger partial charge in [0, 0.05) is 16.7 Å². The average Bonchev–Trinajstić information content (AvgIpc) is 2.40. The lowest BCUT2D eigenvalue weighted by Gasteiger charge is -2.22. The van der Waals surface area contributed by atoms with E-state index in [0.717, 1.165) is 5.56 Å². The van der Waals surface area contributed by atoms with E-state index < -0.39 is 17.3 Å². The first-order valence-electron chi connectivity index (χ1n) is 6.68. The first-order valence-corrected chi connectivity index (χ1v) is 6.68. The zero-order chi connectivity index (χ0) is 15.6. The molecule has 0 spiro atoms. The number of carboxylic acid groups (broad SMARTS) is 1. The summed E-state index contributed by atoms with van der Waals surface area (Å²) in [5, 5.41) is 9.06. The first kappa shape index (κ1) is 15.2. The third-order valence-electron chi connectivity index (χ3n) is 3.35. The molecule has 0 atom stereocenters. The Morgan fingerprint density at radius 3 is 2.33 bits per heavy atom. The summed E-state index contributed by atoms with van der Waals surface area (Å²) < 4.78 is 14.7. The molecule has 2 aromatic rings. The van der Waals surface area contributed by atoms with Crippen molar-refractivity contribution in [3.63, 3.8) is 0 Å². The number of carbonyl (C=O) groups is 1. The Kier molecular flexibility index (Phi) is 4.09. The van der Waals surface area contributed by atoms with Crippen LogP contribution in [0.15, 0.2) is 42.5 Å². The monoisotopic (exact) mass is 287 g/mol. The maximum absolute atomic E-state index is 14.7. The standard InChI is InChI=1S/C17H18FNO2/c1-17(2,19)14-9-8-12(11-6-4-3-5-7-11)13(16(14)18)10-15(20)21/h3-9H,10,19H2,1-2H3,(H,20,21). The molecule has 0 aliphatic rings. The fourth-order valence-electron chi connectivity index (χ4n) is 2.33. The van der Waals surface area contributed by atoms with Crippen molar-refractivity contribution >= 4 is 5.97 Å². The van der Waals surface area contributed by atoms with Crippen LogP contribution in [0.4, 0.5) is 4.39 Å². The van der Waals surface area contributed by atoms with E-state index in [2.05, 4.69) is 0 Å². The number of rotatable bonds is 4. The predicted octanol–water partition coefficient (Wildman–Crippen LogP) is 3.31. The van der Waals surface area contributed by atoms with Gasteiger partial charge in [-0.3, -0.25) is 4.79 Å². The number of halogens is 1. The SMILES string of the molecule is CC(C)(N)c1ccc(-c2ccccc2)c(CC(=O)O)c1F. The third-order valence-corrected chi connectivity index (χ3v) is 3.35. The van der Waals surface area contributed by atoms with E-state index in [1.165, 1.54) is 0 Å². The van der Waals surface area contributed by atoms with Gasteiger partial charge < -0.3 is 10.8 Å². The molecule has 21 heavy (non-hydrogen) atoms. The highest BCUT2D eigenvalue weighted by molar-refractivity contribution is 5.77. The molecule has 0 saturated carbocycles. The van der Waals surface area contributed by atoms with Crippen LogP contribution in [0.5, 0.6) is 0 Å². The Hall–Kier alpha value is -2.20. The molecule has 110 valence electrons. The summed E-state index contributed by atoms with van der Waals surface area (Å²) in [6.07, 6.45) is -0.375. The number of nitrogens with two attached hydrogens (primary N) is 1. The van der Waals surface area contributed by atoms with Gasteiger partial charge in [-0.2, -0.15) is 0 Å². The minimum Gasteiger partial charge on any atom is -0.481 e. The molecule has 0 saturated heterocycles. The number of aliphatic carboxylic acids is 1. The molecule has 0 fully saturated rings. The first-order chi connectivity index (χ1) is 9.80. The second kappa shape index (κ2) is 5.66. The van der Waals surface area contributed by atoms with Crippen molar-refractivity contribution in [1.82, 2.24) is 0 Å². The highest BCUT2D eigenvalue weighted by Crippen LogP contribution is 2.31. The van der Waals surface area contributed by atoms with Gasteiger partial charge in [-0.1, -0.05) is 42.5 Å². The summed E-state index contributed by atoms with van der Waals surface area (Å²) in [5.74, 6) is -1.61. The van der Waals surface area contributed by atoms with E-state index in [-0.39, 0.29) is 12.0 Å². The van der Waals surface area contributed by atoms with Gasteiger partial charge in [0.25, 0.3) is 0 Å². The van der Waals surface area contributed by atoms with E-state index in [9.17, 15) is 9.18 Å². The zero-order valence-electron chi connectivity index (χ0n) is 12.1. The van der Waals surface area contributed by atoms with Crippen molar-refractivity contribution in [2.75, 3.05) is 0 Å². The minimum absolute atomic E-state index is 0.171. The molecule has 0 bridgehead atoms. The van der Waals surface area contributed by atoms with Gasteiger partial charge in [0.2, 0.25) is 0 Å². The van der Waals surface area contributed by atoms with E-state index in [0.29, 0.717) is 11.1 Å². The van der Waals surface area contributed by atoms with Gasteiger partial charge in [-0.25, -0.2) is 4.39 Å². The summed E-state index contributed by atoms with van der Waals surface area (Å²) >= 11 is 0. The van der Waals surface area contributed by atoms with Crippen LogP contribution >= 0.6 is 0 Å². The molecule has 3 N–H and O–H groups in total. The molecule has 0 heterocycles. The number of hydrogen-bond acceptors (Lipinski definition) is 2. The fraction of sp³-hybridized carbons (Fsp3) is 0.235. The number of carboxylic acids is 1. The van der Waals surface area contributed by atoms with Crippen LogP contribution in [0.2, 0.25) is 0 Å². The normalized spacial score (nSPS) is 11.4. The second-order valence-corrected chi connectivity index (χ2v) is 5.61. The van der Waals surface area contributed by atoms with Crippen molar-refractivity contribution in [3.05, 3.63) is 59.4 Å². The van der Waals surface area contributed by atoms with E-state index in [1.807, 2.05) is 30.3 Å². The summed E-state index contributed by atoms with van der Waals surface area (Å²) in [5.41, 5.74) is 6.95. The summed E-state index contributed by atoms with van der Waals surface area (Å²) in [4.78, 5) is 11.1. The van der Waals surface area contributed by atoms with E-state index in [4.69, 9.17) is 10.8 Å². The van der Waals surface area contributed by atoms with Crippen molar-refractivity contribution in [2.45, 2.75) is 25.8 Å². The maximum Gasteiger partial charge on any atom is 0.307 e. The molecule has 3 nitrogen and oxygen atoms in total. The van der Waals surface area contributed by atoms with Crippen LogP contribution in [0.25, 0.3) is 11.1 Å². The summed E-state index contributed by atoms with van der Waals surface area (Å²) in [6.45, 7) is 3.39. The molecule has 0 radical (unpaired) electrons. The smallest absolute Gasteiger partial charge is 0.307 e. The minimum atomic E-state index is -1.07. The van der Waals surface area contributed by atoms with Gasteiger partial charge >= 0.3 is 5.97 Å². The van der Waals surface area contributed by atoms with Crippen LogP contribution in [0, 0.1) is 5.82 Å². The Labute approximate surface area is 123 Å². The molecule has 0 amide bonds. The van der Waals surface area contributed by atoms with Gasteiger partial charge in [-0.15, -0.1) is 0 Å². The maximum atomic E-state index is 14.7. The van der Waals surface area contributed by atoms with Crippen LogP contribution in [-0.4, -0.2) is 11.1 Å². The Bertz CT molecular complexity index is 660. The lowest BCUT2D eigenvalue weighted by Crippen LogP contribution is -2.30. The Morgan fingerprint density at radius 2 is 1.81 bits per heavy atom. The molecule has 0 unspecified atom stereocenters. The van der Waals surface area contributed by atoms with Crippen molar-refractivity contribution in [1.29, 1.82) is 0 Å². The topological polar surface area (TPSA) is 63.3 Å². The Morgan fingerprint density at radius 1 is 1.19 bits per heavy atom. The van der Waals surface area contributed by atoms with Gasteiger partial charge in [-0.05, 0) is 25.0 Å². The molecule has 0 aromatic heterocycles. The number of benzene rings is 2. The van der Waals surface area contributed by atoms with Crippen LogP contribution < -0.4 is 5.73 Å². The molecule has 0 aliphatic heterocycles. The molecule has 4 heteroatoms. The average molecular weight is 287 g/mol. The van der Waals surface area contributed by atoms with Crippen molar-refractivity contribution < 1.29 is 14.3 Å². The molecule has 0 aliphatic carbocycles. The van der Waals surface area contributed by atoms with E-state index >= 15 is 0 Å². The quantitative estimate of drug-likeness (QED) is 0.906. The molecule has 2 aromatic carbocycles. The van der Waals surface area contributed by atoms with Crippen LogP contribution in [-0.2, 0) is 16.8 Å². The lowest BCUT2D eigenvalue weighted by atomic mass is 9.88. The molecular weight excluding hydrogens is 269 g/mol. The number of hydrogen-bond donors (Lipinski definition) is 2.